The van der Waals surface area contributed by atoms with Crippen molar-refractivity contribution in [3.8, 4) is 0 Å². The predicted octanol–water partition coefficient (Wildman–Crippen LogP) is 6.35. The van der Waals surface area contributed by atoms with Crippen LogP contribution in [0.3, 0.4) is 0 Å². The van der Waals surface area contributed by atoms with Gasteiger partial charge in [0.05, 0.1) is 10.6 Å². The number of benzene rings is 4. The number of nitrogens with one attached hydrogen (secondary N) is 1. The summed E-state index contributed by atoms with van der Waals surface area (Å²) in [5.41, 5.74) is 5.02. The molecule has 1 heterocycles. The number of rotatable bonds is 6. The van der Waals surface area contributed by atoms with E-state index in [-0.39, 0.29) is 11.4 Å². The highest BCUT2D eigenvalue weighted by Crippen LogP contribution is 2.31. The van der Waals surface area contributed by atoms with E-state index in [1.807, 2.05) is 63.2 Å². The summed E-state index contributed by atoms with van der Waals surface area (Å²) >= 11 is 0. The van der Waals surface area contributed by atoms with Crippen molar-refractivity contribution in [3.63, 3.8) is 0 Å². The van der Waals surface area contributed by atoms with Crippen LogP contribution in [0, 0.1) is 20.8 Å². The minimum absolute atomic E-state index is 0.130. The molecule has 5 aromatic rings. The van der Waals surface area contributed by atoms with E-state index >= 15 is 0 Å². The van der Waals surface area contributed by atoms with Gasteiger partial charge >= 0.3 is 0 Å². The van der Waals surface area contributed by atoms with E-state index in [1.165, 1.54) is 4.31 Å². The SMILES string of the molecule is Cc1ccc(S(=O)(=O)N(CC(=O)Nc2ccc3c(c2)oc2ccccc23)c2cc(C)ccc2C)cc1. The molecule has 0 saturated carbocycles. The normalized spacial score (nSPS) is 11.6. The van der Waals surface area contributed by atoms with Crippen LogP contribution in [-0.4, -0.2) is 20.9 Å². The minimum Gasteiger partial charge on any atom is -0.456 e. The predicted molar refractivity (Wildman–Crippen MR) is 144 cm³/mol. The molecule has 0 radical (unpaired) electrons. The Bertz CT molecular complexity index is 1700. The number of carbonyl (C=O) groups excluding carboxylic acids is 1. The molecule has 1 aromatic heterocycles. The zero-order valence-corrected chi connectivity index (χ0v) is 21.1. The third-order valence-electron chi connectivity index (χ3n) is 6.19. The van der Waals surface area contributed by atoms with Gasteiger partial charge in [-0.25, -0.2) is 8.42 Å². The van der Waals surface area contributed by atoms with Gasteiger partial charge in [-0.2, -0.15) is 0 Å². The molecule has 6 nitrogen and oxygen atoms in total. The lowest BCUT2D eigenvalue weighted by molar-refractivity contribution is -0.114. The van der Waals surface area contributed by atoms with E-state index in [1.54, 1.807) is 42.5 Å². The highest BCUT2D eigenvalue weighted by molar-refractivity contribution is 7.92. The number of para-hydroxylation sites is 1. The number of sulfonamides is 1. The molecule has 36 heavy (non-hydrogen) atoms. The summed E-state index contributed by atoms with van der Waals surface area (Å²) in [5, 5.41) is 4.78. The molecule has 0 unspecified atom stereocenters. The van der Waals surface area contributed by atoms with Crippen molar-refractivity contribution < 1.29 is 17.6 Å². The maximum absolute atomic E-state index is 13.7. The number of nitrogens with zero attached hydrogens (tertiary/aromatic N) is 1. The van der Waals surface area contributed by atoms with Gasteiger partial charge in [0.1, 0.15) is 17.7 Å². The average molecular weight is 499 g/mol. The smallest absolute Gasteiger partial charge is 0.264 e. The van der Waals surface area contributed by atoms with Crippen molar-refractivity contribution in [2.75, 3.05) is 16.2 Å². The van der Waals surface area contributed by atoms with Crippen LogP contribution in [0.5, 0.6) is 0 Å². The van der Waals surface area contributed by atoms with Gasteiger partial charge in [-0.1, -0.05) is 48.0 Å². The van der Waals surface area contributed by atoms with Crippen LogP contribution in [0.25, 0.3) is 21.9 Å². The number of hydrogen-bond acceptors (Lipinski definition) is 4. The molecule has 1 amide bonds. The average Bonchev–Trinajstić information content (AvgIpc) is 3.22. The molecule has 7 heteroatoms. The molecule has 4 aromatic carbocycles. The fraction of sp³-hybridized carbons (Fsp3) is 0.138. The van der Waals surface area contributed by atoms with Crippen LogP contribution in [0.2, 0.25) is 0 Å². The summed E-state index contributed by atoms with van der Waals surface area (Å²) in [7, 11) is -4.00. The molecule has 182 valence electrons. The molecule has 0 aliphatic rings. The lowest BCUT2D eigenvalue weighted by atomic mass is 10.1. The van der Waals surface area contributed by atoms with Crippen molar-refractivity contribution >= 4 is 49.2 Å². The largest absolute Gasteiger partial charge is 0.456 e. The van der Waals surface area contributed by atoms with Crippen molar-refractivity contribution in [2.24, 2.45) is 0 Å². The molecular formula is C29H26N2O4S. The topological polar surface area (TPSA) is 79.6 Å². The highest BCUT2D eigenvalue weighted by atomic mass is 32.2. The number of anilines is 2. The zero-order chi connectivity index (χ0) is 25.4. The summed E-state index contributed by atoms with van der Waals surface area (Å²) in [6, 6.07) is 25.4. The molecule has 0 fully saturated rings. The first-order valence-corrected chi connectivity index (χ1v) is 13.0. The Morgan fingerprint density at radius 2 is 1.50 bits per heavy atom. The van der Waals surface area contributed by atoms with Gasteiger partial charge in [0.25, 0.3) is 10.0 Å². The number of hydrogen-bond donors (Lipinski definition) is 1. The van der Waals surface area contributed by atoms with E-state index in [0.29, 0.717) is 17.0 Å². The van der Waals surface area contributed by atoms with Crippen LogP contribution < -0.4 is 9.62 Å². The van der Waals surface area contributed by atoms with Gasteiger partial charge in [0, 0.05) is 22.5 Å². The van der Waals surface area contributed by atoms with Crippen LogP contribution in [0.4, 0.5) is 11.4 Å². The molecule has 0 aliphatic heterocycles. The van der Waals surface area contributed by atoms with Gasteiger partial charge < -0.3 is 9.73 Å². The molecule has 5 rings (SSSR count). The lowest BCUT2D eigenvalue weighted by Gasteiger charge is -2.26. The fourth-order valence-corrected chi connectivity index (χ4v) is 5.74. The highest BCUT2D eigenvalue weighted by Gasteiger charge is 2.28. The maximum Gasteiger partial charge on any atom is 0.264 e. The second kappa shape index (κ2) is 9.17. The molecule has 0 saturated heterocycles. The fourth-order valence-electron chi connectivity index (χ4n) is 4.26. The van der Waals surface area contributed by atoms with Crippen molar-refractivity contribution in [2.45, 2.75) is 25.7 Å². The number of fused-ring (bicyclic) bond motifs is 3. The molecule has 0 spiro atoms. The number of furan rings is 1. The van der Waals surface area contributed by atoms with Gasteiger partial charge in [-0.05, 0) is 68.3 Å². The summed E-state index contributed by atoms with van der Waals surface area (Å²) < 4.78 is 34.5. The van der Waals surface area contributed by atoms with E-state index < -0.39 is 15.9 Å². The van der Waals surface area contributed by atoms with Crippen LogP contribution >= 0.6 is 0 Å². The zero-order valence-electron chi connectivity index (χ0n) is 20.3. The summed E-state index contributed by atoms with van der Waals surface area (Å²) in [5.74, 6) is -0.456. The van der Waals surface area contributed by atoms with Gasteiger partial charge in [-0.15, -0.1) is 0 Å². The first-order valence-electron chi connectivity index (χ1n) is 11.6. The number of aryl methyl sites for hydroxylation is 3. The van der Waals surface area contributed by atoms with Crippen molar-refractivity contribution in [1.29, 1.82) is 0 Å². The Hall–Kier alpha value is -4.10. The van der Waals surface area contributed by atoms with E-state index in [9.17, 15) is 13.2 Å². The Kier molecular flexibility index (Phi) is 6.02. The first-order chi connectivity index (χ1) is 17.2. The summed E-state index contributed by atoms with van der Waals surface area (Å²) in [6.45, 7) is 5.24. The van der Waals surface area contributed by atoms with Gasteiger partial charge in [-0.3, -0.25) is 9.10 Å². The molecular weight excluding hydrogens is 472 g/mol. The maximum atomic E-state index is 13.7. The van der Waals surface area contributed by atoms with Gasteiger partial charge in [0.2, 0.25) is 5.91 Å². The standard InChI is InChI=1S/C29H26N2O4S/c1-19-9-13-23(14-10-19)36(33,34)31(26-16-20(2)8-11-21(26)3)18-29(32)30-22-12-15-25-24-6-4-5-7-27(24)35-28(25)17-22/h4-17H,18H2,1-3H3,(H,30,32). The Morgan fingerprint density at radius 1 is 0.806 bits per heavy atom. The van der Waals surface area contributed by atoms with E-state index in [0.717, 1.165) is 33.0 Å². The minimum atomic E-state index is -4.00. The first kappa shape index (κ1) is 23.6. The second-order valence-electron chi connectivity index (χ2n) is 8.97. The third-order valence-corrected chi connectivity index (χ3v) is 7.97. The monoisotopic (exact) mass is 498 g/mol. The van der Waals surface area contributed by atoms with Crippen LogP contribution in [-0.2, 0) is 14.8 Å². The van der Waals surface area contributed by atoms with Gasteiger partial charge in [0.15, 0.2) is 0 Å². The second-order valence-corrected chi connectivity index (χ2v) is 10.8. The Morgan fingerprint density at radius 3 is 2.28 bits per heavy atom. The van der Waals surface area contributed by atoms with Crippen LogP contribution in [0.1, 0.15) is 16.7 Å². The van der Waals surface area contributed by atoms with Crippen molar-refractivity contribution in [1.82, 2.24) is 0 Å². The summed E-state index contributed by atoms with van der Waals surface area (Å²) in [4.78, 5) is 13.3. The Balaban J connectivity index is 1.48. The van der Waals surface area contributed by atoms with Crippen molar-refractivity contribution in [3.05, 3.63) is 102 Å². The molecule has 1 N–H and O–H groups in total. The molecule has 0 aliphatic carbocycles. The Labute approximate surface area is 210 Å². The molecule has 0 bridgehead atoms. The third kappa shape index (κ3) is 4.45. The quantitative estimate of drug-likeness (QED) is 0.296. The molecule has 0 atom stereocenters. The summed E-state index contributed by atoms with van der Waals surface area (Å²) in [6.07, 6.45) is 0. The number of carbonyl (C=O) groups is 1. The number of amides is 1. The van der Waals surface area contributed by atoms with E-state index in [2.05, 4.69) is 5.32 Å². The lowest BCUT2D eigenvalue weighted by Crippen LogP contribution is -2.38. The van der Waals surface area contributed by atoms with Crippen LogP contribution in [0.15, 0.2) is 94.2 Å². The van der Waals surface area contributed by atoms with E-state index in [4.69, 9.17) is 4.42 Å².